The van der Waals surface area contributed by atoms with Crippen LogP contribution in [0.25, 0.3) is 11.1 Å². The summed E-state index contributed by atoms with van der Waals surface area (Å²) in [5.41, 5.74) is 2.28. The standard InChI is InChI=1S/C13H10ClNO2/c14-12-8-15-7-11(10(12)6-13(16)17)9-4-2-1-3-5-9/h1-5,7-8H,6H2,(H,16,17). The highest BCUT2D eigenvalue weighted by molar-refractivity contribution is 6.31. The van der Waals surface area contributed by atoms with Gasteiger partial charge in [0.25, 0.3) is 0 Å². The van der Waals surface area contributed by atoms with Crippen LogP contribution >= 0.6 is 11.6 Å². The highest BCUT2D eigenvalue weighted by Gasteiger charge is 2.12. The van der Waals surface area contributed by atoms with Crippen LogP contribution in [0.5, 0.6) is 0 Å². The zero-order valence-corrected chi connectivity index (χ0v) is 9.69. The number of aromatic nitrogens is 1. The molecule has 0 fully saturated rings. The van der Waals surface area contributed by atoms with Crippen LogP contribution in [-0.4, -0.2) is 16.1 Å². The molecule has 0 aliphatic carbocycles. The van der Waals surface area contributed by atoms with Crippen molar-refractivity contribution in [3.05, 3.63) is 53.3 Å². The molecule has 0 saturated heterocycles. The number of rotatable bonds is 3. The number of pyridine rings is 1. The predicted molar refractivity (Wildman–Crippen MR) is 66.0 cm³/mol. The average molecular weight is 248 g/mol. The van der Waals surface area contributed by atoms with Crippen molar-refractivity contribution >= 4 is 17.6 Å². The van der Waals surface area contributed by atoms with Gasteiger partial charge in [-0.3, -0.25) is 9.78 Å². The van der Waals surface area contributed by atoms with E-state index in [1.165, 1.54) is 6.20 Å². The zero-order chi connectivity index (χ0) is 12.3. The number of benzene rings is 1. The first-order valence-corrected chi connectivity index (χ1v) is 5.46. The van der Waals surface area contributed by atoms with Gasteiger partial charge in [-0.2, -0.15) is 0 Å². The molecule has 17 heavy (non-hydrogen) atoms. The molecule has 0 radical (unpaired) electrons. The highest BCUT2D eigenvalue weighted by Crippen LogP contribution is 2.28. The van der Waals surface area contributed by atoms with Gasteiger partial charge < -0.3 is 5.11 Å². The molecule has 0 unspecified atom stereocenters. The Bertz CT molecular complexity index is 540. The maximum absolute atomic E-state index is 10.8. The summed E-state index contributed by atoms with van der Waals surface area (Å²) in [6, 6.07) is 9.48. The summed E-state index contributed by atoms with van der Waals surface area (Å²) in [4.78, 5) is 14.8. The summed E-state index contributed by atoms with van der Waals surface area (Å²) < 4.78 is 0. The molecule has 86 valence electrons. The Morgan fingerprint density at radius 1 is 1.24 bits per heavy atom. The number of carbonyl (C=O) groups is 1. The van der Waals surface area contributed by atoms with Crippen LogP contribution in [0.1, 0.15) is 5.56 Å². The summed E-state index contributed by atoms with van der Waals surface area (Å²) in [6.45, 7) is 0. The second-order valence-electron chi connectivity index (χ2n) is 3.58. The lowest BCUT2D eigenvalue weighted by molar-refractivity contribution is -0.136. The van der Waals surface area contributed by atoms with Crippen molar-refractivity contribution in [1.82, 2.24) is 4.98 Å². The van der Waals surface area contributed by atoms with Crippen LogP contribution in [0.4, 0.5) is 0 Å². The predicted octanol–water partition coefficient (Wildman–Crippen LogP) is 3.03. The van der Waals surface area contributed by atoms with Crippen LogP contribution < -0.4 is 0 Å². The number of hydrogen-bond donors (Lipinski definition) is 1. The van der Waals surface area contributed by atoms with E-state index in [1.54, 1.807) is 6.20 Å². The molecule has 0 saturated carbocycles. The van der Waals surface area contributed by atoms with E-state index in [-0.39, 0.29) is 6.42 Å². The number of halogens is 1. The molecule has 3 nitrogen and oxygen atoms in total. The first-order valence-electron chi connectivity index (χ1n) is 5.08. The lowest BCUT2D eigenvalue weighted by atomic mass is 10.00. The van der Waals surface area contributed by atoms with E-state index in [1.807, 2.05) is 30.3 Å². The number of carboxylic acid groups (broad SMARTS) is 1. The fourth-order valence-corrected chi connectivity index (χ4v) is 1.88. The van der Waals surface area contributed by atoms with E-state index >= 15 is 0 Å². The molecule has 1 heterocycles. The van der Waals surface area contributed by atoms with Gasteiger partial charge in [-0.05, 0) is 11.1 Å². The summed E-state index contributed by atoms with van der Waals surface area (Å²) >= 11 is 6.00. The topological polar surface area (TPSA) is 50.2 Å². The van der Waals surface area contributed by atoms with Gasteiger partial charge in [0, 0.05) is 18.0 Å². The Balaban J connectivity index is 2.54. The van der Waals surface area contributed by atoms with Gasteiger partial charge in [0.1, 0.15) is 0 Å². The highest BCUT2D eigenvalue weighted by atomic mass is 35.5. The molecule has 2 aromatic rings. The third-order valence-corrected chi connectivity index (χ3v) is 2.74. The molecule has 0 amide bonds. The fourth-order valence-electron chi connectivity index (χ4n) is 1.66. The smallest absolute Gasteiger partial charge is 0.307 e. The van der Waals surface area contributed by atoms with Crippen molar-refractivity contribution in [2.45, 2.75) is 6.42 Å². The molecule has 0 atom stereocenters. The Kier molecular flexibility index (Phi) is 3.40. The SMILES string of the molecule is O=C(O)Cc1c(Cl)cncc1-c1ccccc1. The minimum absolute atomic E-state index is 0.106. The molecule has 1 aromatic heterocycles. The van der Waals surface area contributed by atoms with Crippen molar-refractivity contribution in [2.24, 2.45) is 0 Å². The largest absolute Gasteiger partial charge is 0.481 e. The lowest BCUT2D eigenvalue weighted by Crippen LogP contribution is -2.03. The molecule has 0 aliphatic rings. The third-order valence-electron chi connectivity index (χ3n) is 2.42. The Hall–Kier alpha value is -1.87. The minimum atomic E-state index is -0.907. The van der Waals surface area contributed by atoms with E-state index in [0.29, 0.717) is 10.6 Å². The van der Waals surface area contributed by atoms with Gasteiger partial charge in [0.2, 0.25) is 0 Å². The van der Waals surface area contributed by atoms with Gasteiger partial charge >= 0.3 is 5.97 Å². The molecular weight excluding hydrogens is 238 g/mol. The van der Waals surface area contributed by atoms with E-state index in [9.17, 15) is 4.79 Å². The first-order chi connectivity index (χ1) is 8.18. The van der Waals surface area contributed by atoms with E-state index in [0.717, 1.165) is 11.1 Å². The van der Waals surface area contributed by atoms with Crippen molar-refractivity contribution < 1.29 is 9.90 Å². The van der Waals surface area contributed by atoms with E-state index < -0.39 is 5.97 Å². The maximum atomic E-state index is 10.8. The van der Waals surface area contributed by atoms with Gasteiger partial charge in [-0.1, -0.05) is 41.9 Å². The molecule has 0 spiro atoms. The lowest BCUT2D eigenvalue weighted by Gasteiger charge is -2.09. The molecule has 4 heteroatoms. The van der Waals surface area contributed by atoms with Crippen LogP contribution in [0.15, 0.2) is 42.7 Å². The summed E-state index contributed by atoms with van der Waals surface area (Å²) in [5.74, 6) is -0.907. The summed E-state index contributed by atoms with van der Waals surface area (Å²) in [5, 5.41) is 9.27. The number of carboxylic acids is 1. The zero-order valence-electron chi connectivity index (χ0n) is 8.93. The van der Waals surface area contributed by atoms with E-state index in [2.05, 4.69) is 4.98 Å². The van der Waals surface area contributed by atoms with Crippen molar-refractivity contribution in [2.75, 3.05) is 0 Å². The van der Waals surface area contributed by atoms with Crippen molar-refractivity contribution in [3.63, 3.8) is 0 Å². The summed E-state index contributed by atoms with van der Waals surface area (Å²) in [7, 11) is 0. The number of hydrogen-bond acceptors (Lipinski definition) is 2. The van der Waals surface area contributed by atoms with Crippen molar-refractivity contribution in [1.29, 1.82) is 0 Å². The van der Waals surface area contributed by atoms with Gasteiger partial charge in [0.05, 0.1) is 11.4 Å². The quantitative estimate of drug-likeness (QED) is 0.907. The monoisotopic (exact) mass is 247 g/mol. The van der Waals surface area contributed by atoms with E-state index in [4.69, 9.17) is 16.7 Å². The number of nitrogens with zero attached hydrogens (tertiary/aromatic N) is 1. The maximum Gasteiger partial charge on any atom is 0.307 e. The molecule has 1 N–H and O–H groups in total. The summed E-state index contributed by atoms with van der Waals surface area (Å²) in [6.07, 6.45) is 3.00. The second kappa shape index (κ2) is 4.97. The van der Waals surface area contributed by atoms with Crippen molar-refractivity contribution in [3.8, 4) is 11.1 Å². The third kappa shape index (κ3) is 2.63. The Morgan fingerprint density at radius 3 is 2.59 bits per heavy atom. The molecular formula is C13H10ClNO2. The normalized spacial score (nSPS) is 10.2. The van der Waals surface area contributed by atoms with Crippen LogP contribution in [0.2, 0.25) is 5.02 Å². The molecule has 0 aliphatic heterocycles. The van der Waals surface area contributed by atoms with Crippen LogP contribution in [-0.2, 0) is 11.2 Å². The second-order valence-corrected chi connectivity index (χ2v) is 3.99. The van der Waals surface area contributed by atoms with Crippen LogP contribution in [0, 0.1) is 0 Å². The molecule has 1 aromatic carbocycles. The van der Waals surface area contributed by atoms with Crippen LogP contribution in [0.3, 0.4) is 0 Å². The van der Waals surface area contributed by atoms with Gasteiger partial charge in [-0.25, -0.2) is 0 Å². The van der Waals surface area contributed by atoms with Gasteiger partial charge in [0.15, 0.2) is 0 Å². The first kappa shape index (κ1) is 11.6. The fraction of sp³-hybridized carbons (Fsp3) is 0.0769. The molecule has 2 rings (SSSR count). The number of aliphatic carboxylic acids is 1. The van der Waals surface area contributed by atoms with Gasteiger partial charge in [-0.15, -0.1) is 0 Å². The minimum Gasteiger partial charge on any atom is -0.481 e. The molecule has 0 bridgehead atoms. The Morgan fingerprint density at radius 2 is 1.94 bits per heavy atom. The Labute approximate surface area is 104 Å². The average Bonchev–Trinajstić information content (AvgIpc) is 2.32.